The first-order chi connectivity index (χ1) is 24.0. The Kier molecular flexibility index (Phi) is 14.6. The predicted molar refractivity (Wildman–Crippen MR) is 215 cm³/mol. The number of ether oxygens (including phenoxy) is 2. The molecule has 0 saturated heterocycles. The fourth-order valence-electron chi connectivity index (χ4n) is 4.63. The molecule has 0 aliphatic heterocycles. The number of hydrogen-bond donors (Lipinski definition) is 3. The minimum absolute atomic E-state index is 0. The van der Waals surface area contributed by atoms with Crippen molar-refractivity contribution in [2.75, 3.05) is 16.8 Å². The molecule has 0 aliphatic rings. The molecule has 50 heavy (non-hydrogen) atoms. The predicted octanol–water partition coefficient (Wildman–Crippen LogP) is 12.5. The van der Waals surface area contributed by atoms with Crippen molar-refractivity contribution in [2.24, 2.45) is 0 Å². The molecule has 7 rings (SSSR count). The number of halogens is 1. The van der Waals surface area contributed by atoms with Crippen molar-refractivity contribution in [3.8, 4) is 23.0 Å². The van der Waals surface area contributed by atoms with Gasteiger partial charge in [-0.25, -0.2) is 0 Å². The molecule has 0 aliphatic carbocycles. The summed E-state index contributed by atoms with van der Waals surface area (Å²) in [7, 11) is 0. The number of para-hydroxylation sites is 1. The van der Waals surface area contributed by atoms with Crippen LogP contribution in [0.4, 0.5) is 22.7 Å². The smallest absolute Gasteiger partial charge is 0.129 e. The van der Waals surface area contributed by atoms with E-state index in [9.17, 15) is 0 Å². The molecule has 6 heteroatoms. The lowest BCUT2D eigenvalue weighted by atomic mass is 10.1. The highest BCUT2D eigenvalue weighted by atomic mass is 79.9. The van der Waals surface area contributed by atoms with Gasteiger partial charge in [0.05, 0.1) is 0 Å². The molecule has 0 atom stereocenters. The molecule has 0 amide bonds. The van der Waals surface area contributed by atoms with Crippen LogP contribution in [-0.2, 0) is 6.42 Å². The summed E-state index contributed by atoms with van der Waals surface area (Å²) in [5, 5.41) is 3.39. The maximum atomic E-state index is 6.02. The summed E-state index contributed by atoms with van der Waals surface area (Å²) in [6, 6.07) is 61.4. The second-order valence-electron chi connectivity index (χ2n) is 11.0. The lowest BCUT2D eigenvalue weighted by molar-refractivity contribution is 0.482. The summed E-state index contributed by atoms with van der Waals surface area (Å²) in [4.78, 5) is 0. The molecule has 0 spiro atoms. The average molecular weight is 725 g/mol. The molecule has 252 valence electrons. The Bertz CT molecular complexity index is 1970. The Hall–Kier alpha value is -5.98. The summed E-state index contributed by atoms with van der Waals surface area (Å²) in [5.41, 5.74) is 17.2. The van der Waals surface area contributed by atoms with Gasteiger partial charge in [0.25, 0.3) is 0 Å². The minimum Gasteiger partial charge on any atom is -0.457 e. The topological polar surface area (TPSA) is 82.5 Å². The number of nitrogen functional groups attached to an aromatic ring is 2. The quantitative estimate of drug-likeness (QED) is 0.136. The van der Waals surface area contributed by atoms with Crippen LogP contribution in [-0.4, -0.2) is 0 Å². The van der Waals surface area contributed by atoms with Crippen molar-refractivity contribution >= 4 is 38.7 Å². The lowest BCUT2D eigenvalue weighted by Gasteiger charge is -2.10. The number of hydrogen-bond acceptors (Lipinski definition) is 5. The van der Waals surface area contributed by atoms with Crippen molar-refractivity contribution in [1.29, 1.82) is 0 Å². The summed E-state index contributed by atoms with van der Waals surface area (Å²) < 4.78 is 12.7. The van der Waals surface area contributed by atoms with Gasteiger partial charge in [0, 0.05) is 39.4 Å². The molecule has 5 N–H and O–H groups in total. The molecule has 7 aromatic carbocycles. The van der Waals surface area contributed by atoms with E-state index in [2.05, 4.69) is 57.6 Å². The Morgan fingerprint density at radius 1 is 0.420 bits per heavy atom. The summed E-state index contributed by atoms with van der Waals surface area (Å²) in [6.07, 6.45) is 0.928. The summed E-state index contributed by atoms with van der Waals surface area (Å²) >= 11 is 3.31. The molecule has 0 unspecified atom stereocenters. The zero-order chi connectivity index (χ0) is 34.1. The van der Waals surface area contributed by atoms with Crippen LogP contribution >= 0.6 is 15.9 Å². The Labute approximate surface area is 304 Å². The standard InChI is InChI=1S/C25H21NO.C12H12N2O.C6H5Br.CH4/c1-3-8-20(9-4-1)18-21-14-16-24(17-15-21)27-25-13-7-12-23(19-25)26-22-10-5-2-6-11-22;13-9-4-6-11(7-5-9)15-12-3-1-2-10(14)8-12;7-6-4-2-1-3-5-6;/h1-17,19,26H,18H2;1-8H,13-14H2;1-5H;1H4. The summed E-state index contributed by atoms with van der Waals surface area (Å²) in [5.74, 6) is 3.12. The Morgan fingerprint density at radius 2 is 0.900 bits per heavy atom. The van der Waals surface area contributed by atoms with Gasteiger partial charge in [0.2, 0.25) is 0 Å². The Balaban J connectivity index is 0.000000204. The fraction of sp³-hybridized carbons (Fsp3) is 0.0455. The normalized spacial score (nSPS) is 9.78. The highest BCUT2D eigenvalue weighted by Crippen LogP contribution is 2.27. The van der Waals surface area contributed by atoms with Crippen molar-refractivity contribution in [1.82, 2.24) is 0 Å². The van der Waals surface area contributed by atoms with Gasteiger partial charge < -0.3 is 26.3 Å². The van der Waals surface area contributed by atoms with Crippen LogP contribution in [0.3, 0.4) is 0 Å². The van der Waals surface area contributed by atoms with Crippen molar-refractivity contribution < 1.29 is 9.47 Å². The van der Waals surface area contributed by atoms with Crippen LogP contribution in [0.15, 0.2) is 193 Å². The van der Waals surface area contributed by atoms with E-state index in [1.807, 2.05) is 133 Å². The second kappa shape index (κ2) is 19.7. The second-order valence-corrected chi connectivity index (χ2v) is 11.9. The first-order valence-corrected chi connectivity index (χ1v) is 16.6. The molecule has 7 aromatic rings. The number of benzene rings is 7. The zero-order valence-corrected chi connectivity index (χ0v) is 28.5. The largest absolute Gasteiger partial charge is 0.457 e. The third kappa shape index (κ3) is 12.9. The van der Waals surface area contributed by atoms with E-state index in [1.54, 1.807) is 18.2 Å². The van der Waals surface area contributed by atoms with Gasteiger partial charge in [-0.3, -0.25) is 0 Å². The van der Waals surface area contributed by atoms with Gasteiger partial charge in [-0.2, -0.15) is 0 Å². The van der Waals surface area contributed by atoms with Gasteiger partial charge in [-0.15, -0.1) is 0 Å². The number of nitrogens with two attached hydrogens (primary N) is 2. The van der Waals surface area contributed by atoms with E-state index in [4.69, 9.17) is 20.9 Å². The molecule has 0 radical (unpaired) electrons. The van der Waals surface area contributed by atoms with Crippen molar-refractivity contribution in [2.45, 2.75) is 13.8 Å². The van der Waals surface area contributed by atoms with E-state index in [-0.39, 0.29) is 7.43 Å². The molecular weight excluding hydrogens is 682 g/mol. The van der Waals surface area contributed by atoms with Gasteiger partial charge in [0.1, 0.15) is 23.0 Å². The Morgan fingerprint density at radius 3 is 1.46 bits per heavy atom. The number of rotatable bonds is 8. The highest BCUT2D eigenvalue weighted by molar-refractivity contribution is 9.10. The van der Waals surface area contributed by atoms with Crippen LogP contribution in [0.25, 0.3) is 0 Å². The van der Waals surface area contributed by atoms with Crippen molar-refractivity contribution in [3.05, 3.63) is 204 Å². The number of nitrogens with one attached hydrogen (secondary N) is 1. The first kappa shape index (κ1) is 36.8. The van der Waals surface area contributed by atoms with E-state index in [1.165, 1.54) is 11.1 Å². The first-order valence-electron chi connectivity index (χ1n) is 15.8. The van der Waals surface area contributed by atoms with E-state index < -0.39 is 0 Å². The fourth-order valence-corrected chi connectivity index (χ4v) is 4.94. The lowest BCUT2D eigenvalue weighted by Crippen LogP contribution is -1.91. The molecule has 5 nitrogen and oxygen atoms in total. The highest BCUT2D eigenvalue weighted by Gasteiger charge is 2.02. The van der Waals surface area contributed by atoms with Gasteiger partial charge in [-0.1, -0.05) is 114 Å². The van der Waals surface area contributed by atoms with Crippen molar-refractivity contribution in [3.63, 3.8) is 0 Å². The molecule has 0 heterocycles. The molecule has 0 saturated carbocycles. The maximum absolute atomic E-state index is 6.02. The average Bonchev–Trinajstić information content (AvgIpc) is 3.12. The molecule has 0 fully saturated rings. The maximum Gasteiger partial charge on any atom is 0.129 e. The van der Waals surface area contributed by atoms with Crippen LogP contribution in [0.2, 0.25) is 0 Å². The van der Waals surface area contributed by atoms with Crippen LogP contribution < -0.4 is 26.3 Å². The van der Waals surface area contributed by atoms with E-state index in [0.29, 0.717) is 5.69 Å². The SMILES string of the molecule is Brc1ccccc1.C.Nc1ccc(Oc2cccc(N)c2)cc1.c1ccc(Cc2ccc(Oc3cccc(Nc4ccccc4)c3)cc2)cc1. The van der Waals surface area contributed by atoms with Gasteiger partial charge in [0.15, 0.2) is 0 Å². The summed E-state index contributed by atoms with van der Waals surface area (Å²) in [6.45, 7) is 0. The molecular formula is C44H42BrN3O2. The third-order valence-electron chi connectivity index (χ3n) is 7.01. The molecule has 0 aromatic heterocycles. The van der Waals surface area contributed by atoms with Gasteiger partial charge in [-0.05, 0) is 102 Å². The zero-order valence-electron chi connectivity index (χ0n) is 27.0. The van der Waals surface area contributed by atoms with E-state index in [0.717, 1.165) is 51.0 Å². The van der Waals surface area contributed by atoms with Crippen LogP contribution in [0.5, 0.6) is 23.0 Å². The monoisotopic (exact) mass is 723 g/mol. The molecule has 0 bridgehead atoms. The van der Waals surface area contributed by atoms with Crippen LogP contribution in [0, 0.1) is 0 Å². The van der Waals surface area contributed by atoms with Crippen LogP contribution in [0.1, 0.15) is 18.6 Å². The van der Waals surface area contributed by atoms with Gasteiger partial charge >= 0.3 is 0 Å². The van der Waals surface area contributed by atoms with E-state index >= 15 is 0 Å². The minimum atomic E-state index is 0. The number of anilines is 4. The third-order valence-corrected chi connectivity index (χ3v) is 7.54.